The number of rotatable bonds is 3. The fourth-order valence-corrected chi connectivity index (χ4v) is 3.78. The Balaban J connectivity index is 1.79. The van der Waals surface area contributed by atoms with Crippen LogP contribution in [0.4, 0.5) is 4.39 Å². The van der Waals surface area contributed by atoms with Crippen LogP contribution >= 0.6 is 0 Å². The highest BCUT2D eigenvalue weighted by Crippen LogP contribution is 2.25. The van der Waals surface area contributed by atoms with E-state index in [4.69, 9.17) is 4.74 Å². The van der Waals surface area contributed by atoms with Crippen LogP contribution in [0.15, 0.2) is 47.4 Å². The van der Waals surface area contributed by atoms with Crippen molar-refractivity contribution < 1.29 is 17.5 Å². The van der Waals surface area contributed by atoms with Crippen molar-refractivity contribution in [3.8, 4) is 5.75 Å². The molecule has 0 saturated heterocycles. The molecule has 0 aliphatic carbocycles. The third-order valence-electron chi connectivity index (χ3n) is 3.64. The van der Waals surface area contributed by atoms with Gasteiger partial charge in [-0.3, -0.25) is 0 Å². The van der Waals surface area contributed by atoms with Crippen LogP contribution in [-0.4, -0.2) is 21.1 Å². The fourth-order valence-electron chi connectivity index (χ4n) is 2.48. The lowest BCUT2D eigenvalue weighted by Crippen LogP contribution is -2.42. The van der Waals surface area contributed by atoms with Crippen molar-refractivity contribution in [3.63, 3.8) is 0 Å². The summed E-state index contributed by atoms with van der Waals surface area (Å²) < 4.78 is 46.2. The molecule has 0 fully saturated rings. The number of ether oxygens (including phenoxy) is 1. The van der Waals surface area contributed by atoms with Crippen molar-refractivity contribution in [3.05, 3.63) is 59.4 Å². The van der Waals surface area contributed by atoms with E-state index in [1.165, 1.54) is 19.1 Å². The second kappa shape index (κ2) is 5.70. The molecule has 1 heterocycles. The van der Waals surface area contributed by atoms with Gasteiger partial charge in [0.05, 0.1) is 10.9 Å². The van der Waals surface area contributed by atoms with E-state index in [9.17, 15) is 12.8 Å². The lowest BCUT2D eigenvalue weighted by Gasteiger charge is -2.25. The molecule has 4 nitrogen and oxygen atoms in total. The van der Waals surface area contributed by atoms with Gasteiger partial charge in [-0.15, -0.1) is 0 Å². The Bertz CT molecular complexity index is 805. The zero-order valence-electron chi connectivity index (χ0n) is 12.0. The van der Waals surface area contributed by atoms with Crippen LogP contribution in [0.25, 0.3) is 0 Å². The Morgan fingerprint density at radius 1 is 1.23 bits per heavy atom. The van der Waals surface area contributed by atoms with Crippen molar-refractivity contribution in [2.75, 3.05) is 6.61 Å². The minimum Gasteiger partial charge on any atom is -0.492 e. The number of fused-ring (bicyclic) bond motifs is 1. The summed E-state index contributed by atoms with van der Waals surface area (Å²) >= 11 is 0. The molecule has 6 heteroatoms. The molecule has 0 aromatic heterocycles. The lowest BCUT2D eigenvalue weighted by atomic mass is 10.0. The van der Waals surface area contributed by atoms with E-state index in [0.29, 0.717) is 12.0 Å². The van der Waals surface area contributed by atoms with Gasteiger partial charge in [-0.1, -0.05) is 18.2 Å². The summed E-state index contributed by atoms with van der Waals surface area (Å²) in [7, 11) is -3.70. The number of aryl methyl sites for hydroxylation is 1. The van der Waals surface area contributed by atoms with Crippen molar-refractivity contribution in [2.24, 2.45) is 0 Å². The van der Waals surface area contributed by atoms with Gasteiger partial charge >= 0.3 is 0 Å². The van der Waals surface area contributed by atoms with Crippen molar-refractivity contribution in [2.45, 2.75) is 24.3 Å². The number of hydrogen-bond donors (Lipinski definition) is 1. The molecule has 22 heavy (non-hydrogen) atoms. The van der Waals surface area contributed by atoms with E-state index in [1.807, 2.05) is 24.3 Å². The minimum absolute atomic E-state index is 0.0604. The van der Waals surface area contributed by atoms with Crippen LogP contribution in [-0.2, 0) is 16.4 Å². The van der Waals surface area contributed by atoms with E-state index in [1.54, 1.807) is 0 Å². The van der Waals surface area contributed by atoms with E-state index in [0.717, 1.165) is 17.4 Å². The minimum atomic E-state index is -3.70. The number of benzene rings is 2. The molecule has 2 aromatic carbocycles. The molecule has 3 rings (SSSR count). The first kappa shape index (κ1) is 15.0. The normalized spacial score (nSPS) is 17.6. The lowest BCUT2D eigenvalue weighted by molar-refractivity contribution is 0.254. The summed E-state index contributed by atoms with van der Waals surface area (Å²) in [5, 5.41) is 0. The zero-order chi connectivity index (χ0) is 15.7. The molecule has 1 atom stereocenters. The van der Waals surface area contributed by atoms with Gasteiger partial charge in [0.25, 0.3) is 0 Å². The van der Waals surface area contributed by atoms with Gasteiger partial charge < -0.3 is 4.74 Å². The predicted molar refractivity (Wildman–Crippen MR) is 80.9 cm³/mol. The highest BCUT2D eigenvalue weighted by molar-refractivity contribution is 7.89. The average Bonchev–Trinajstić information content (AvgIpc) is 2.49. The third-order valence-corrected chi connectivity index (χ3v) is 5.16. The largest absolute Gasteiger partial charge is 0.492 e. The van der Waals surface area contributed by atoms with Crippen molar-refractivity contribution >= 4 is 10.0 Å². The van der Waals surface area contributed by atoms with Gasteiger partial charge in [-0.05, 0) is 48.7 Å². The molecule has 1 aliphatic heterocycles. The van der Waals surface area contributed by atoms with Crippen LogP contribution in [0, 0.1) is 12.7 Å². The van der Waals surface area contributed by atoms with E-state index < -0.39 is 15.8 Å². The summed E-state index contributed by atoms with van der Waals surface area (Å²) in [4.78, 5) is 0.0604. The average molecular weight is 321 g/mol. The monoisotopic (exact) mass is 321 g/mol. The molecule has 0 radical (unpaired) electrons. The highest BCUT2D eigenvalue weighted by Gasteiger charge is 2.25. The second-order valence-electron chi connectivity index (χ2n) is 5.35. The maximum Gasteiger partial charge on any atom is 0.240 e. The molecule has 116 valence electrons. The van der Waals surface area contributed by atoms with Crippen LogP contribution in [0.5, 0.6) is 5.75 Å². The van der Waals surface area contributed by atoms with Crippen molar-refractivity contribution in [1.82, 2.24) is 4.72 Å². The summed E-state index contributed by atoms with van der Waals surface area (Å²) in [5.74, 6) is 0.365. The van der Waals surface area contributed by atoms with Crippen molar-refractivity contribution in [1.29, 1.82) is 0 Å². The molecule has 1 unspecified atom stereocenters. The second-order valence-corrected chi connectivity index (χ2v) is 7.07. The fraction of sp³-hybridized carbons (Fsp3) is 0.250. The third kappa shape index (κ3) is 2.98. The van der Waals surface area contributed by atoms with Gasteiger partial charge in [0.2, 0.25) is 10.0 Å². The van der Waals surface area contributed by atoms with E-state index in [-0.39, 0.29) is 17.5 Å². The van der Waals surface area contributed by atoms with E-state index >= 15 is 0 Å². The van der Waals surface area contributed by atoms with Crippen LogP contribution in [0.3, 0.4) is 0 Å². The number of nitrogens with one attached hydrogen (secondary N) is 1. The first-order valence-corrected chi connectivity index (χ1v) is 8.43. The highest BCUT2D eigenvalue weighted by atomic mass is 32.2. The van der Waals surface area contributed by atoms with Gasteiger partial charge in [0, 0.05) is 0 Å². The Kier molecular flexibility index (Phi) is 3.88. The number of hydrogen-bond acceptors (Lipinski definition) is 3. The van der Waals surface area contributed by atoms with Gasteiger partial charge in [-0.2, -0.15) is 0 Å². The first-order valence-electron chi connectivity index (χ1n) is 6.95. The summed E-state index contributed by atoms with van der Waals surface area (Å²) in [6.45, 7) is 1.81. The molecule has 0 bridgehead atoms. The quantitative estimate of drug-likeness (QED) is 0.944. The number of halogens is 1. The van der Waals surface area contributed by atoms with Crippen LogP contribution in [0.1, 0.15) is 11.1 Å². The molecule has 2 aromatic rings. The van der Waals surface area contributed by atoms with Gasteiger partial charge in [0.15, 0.2) is 0 Å². The smallest absolute Gasteiger partial charge is 0.240 e. The first-order chi connectivity index (χ1) is 10.5. The number of para-hydroxylation sites is 1. The SMILES string of the molecule is Cc1cc(S(=O)(=O)NC2COc3ccccc3C2)ccc1F. The topological polar surface area (TPSA) is 55.4 Å². The molecular formula is C16H16FNO3S. The van der Waals surface area contributed by atoms with Crippen LogP contribution in [0.2, 0.25) is 0 Å². The summed E-state index contributed by atoms with van der Waals surface area (Å²) in [6, 6.07) is 11.0. The molecular weight excluding hydrogens is 305 g/mol. The Morgan fingerprint density at radius 2 is 2.00 bits per heavy atom. The Hall–Kier alpha value is -1.92. The Labute approximate surface area is 129 Å². The molecule has 0 spiro atoms. The molecule has 1 aliphatic rings. The van der Waals surface area contributed by atoms with Gasteiger partial charge in [-0.25, -0.2) is 17.5 Å². The molecule has 0 amide bonds. The summed E-state index contributed by atoms with van der Waals surface area (Å²) in [5.41, 5.74) is 1.27. The number of sulfonamides is 1. The maximum absolute atomic E-state index is 13.3. The summed E-state index contributed by atoms with van der Waals surface area (Å²) in [6.07, 6.45) is 0.565. The predicted octanol–water partition coefficient (Wildman–Crippen LogP) is 2.42. The van der Waals surface area contributed by atoms with Crippen LogP contribution < -0.4 is 9.46 Å². The van der Waals surface area contributed by atoms with E-state index in [2.05, 4.69) is 4.72 Å². The zero-order valence-corrected chi connectivity index (χ0v) is 12.9. The standard InChI is InChI=1S/C16H16FNO3S/c1-11-8-14(6-7-15(11)17)22(19,20)18-13-9-12-4-2-3-5-16(12)21-10-13/h2-8,13,18H,9-10H2,1H3. The maximum atomic E-state index is 13.3. The van der Waals surface area contributed by atoms with Gasteiger partial charge in [0.1, 0.15) is 18.2 Å². The molecule has 1 N–H and O–H groups in total. The molecule has 0 saturated carbocycles. The Morgan fingerprint density at radius 3 is 2.77 bits per heavy atom.